The maximum absolute atomic E-state index is 10.7. The van der Waals surface area contributed by atoms with Gasteiger partial charge >= 0.3 is 11.9 Å². The highest BCUT2D eigenvalue weighted by molar-refractivity contribution is 5.69. The Labute approximate surface area is 676 Å². The lowest BCUT2D eigenvalue weighted by molar-refractivity contribution is -0.145. The molecule has 8 nitrogen and oxygen atoms in total. The van der Waals surface area contributed by atoms with Gasteiger partial charge in [0.15, 0.2) is 0 Å². The Morgan fingerprint density at radius 2 is 0.536 bits per heavy atom. The molecule has 10 rings (SSSR count). The molecule has 0 saturated carbocycles. The van der Waals surface area contributed by atoms with E-state index in [9.17, 15) is 9.59 Å². The summed E-state index contributed by atoms with van der Waals surface area (Å²) >= 11 is 0. The van der Waals surface area contributed by atoms with Gasteiger partial charge in [0.25, 0.3) is 0 Å². The molecular formula is C102H156O8. The molecule has 110 heavy (non-hydrogen) atoms. The summed E-state index contributed by atoms with van der Waals surface area (Å²) < 4.78 is 29.9. The predicted octanol–water partition coefficient (Wildman–Crippen LogP) is 30.3. The fourth-order valence-corrected chi connectivity index (χ4v) is 9.14. The maximum Gasteiger partial charge on any atom is 0.305 e. The van der Waals surface area contributed by atoms with Crippen LogP contribution in [0.5, 0.6) is 23.0 Å². The molecule has 0 spiro atoms. The monoisotopic (exact) mass is 1510 g/mol. The second-order valence-electron chi connectivity index (χ2n) is 22.0. The van der Waals surface area contributed by atoms with Crippen molar-refractivity contribution in [2.45, 2.75) is 232 Å². The number of hydrogen-bond acceptors (Lipinski definition) is 8. The Morgan fingerprint density at radius 3 is 0.755 bits per heavy atom. The first kappa shape index (κ1) is 116. The maximum atomic E-state index is 10.7. The molecule has 0 aliphatic carbocycles. The average molecular weight is 1510 g/mol. The van der Waals surface area contributed by atoms with Gasteiger partial charge in [0.1, 0.15) is 23.0 Å². The number of carbonyl (C=O) groups excluding carboxylic acids is 2. The third-order valence-corrected chi connectivity index (χ3v) is 14.2. The summed E-state index contributed by atoms with van der Waals surface area (Å²) in [5.41, 5.74) is 13.9. The molecule has 0 aliphatic rings. The fourth-order valence-electron chi connectivity index (χ4n) is 9.14. The highest BCUT2D eigenvalue weighted by Crippen LogP contribution is 2.31. The van der Waals surface area contributed by atoms with E-state index in [4.69, 9.17) is 28.4 Å². The van der Waals surface area contributed by atoms with Gasteiger partial charge in [-0.25, -0.2) is 0 Å². The molecule has 0 bridgehead atoms. The van der Waals surface area contributed by atoms with Crippen LogP contribution in [0.15, 0.2) is 279 Å². The van der Waals surface area contributed by atoms with E-state index in [1.54, 1.807) is 28.1 Å². The van der Waals surface area contributed by atoms with Gasteiger partial charge in [0, 0.05) is 18.3 Å². The first-order chi connectivity index (χ1) is 51.7. The molecule has 0 N–H and O–H groups in total. The van der Waals surface area contributed by atoms with Crippen molar-refractivity contribution in [3.63, 3.8) is 0 Å². The molecule has 10 aromatic carbocycles. The van der Waals surface area contributed by atoms with Gasteiger partial charge in [0.2, 0.25) is 0 Å². The van der Waals surface area contributed by atoms with Crippen molar-refractivity contribution in [3.8, 4) is 34.1 Å². The molecule has 0 radical (unpaired) electrons. The van der Waals surface area contributed by atoms with Crippen molar-refractivity contribution >= 4 is 11.9 Å². The van der Waals surface area contributed by atoms with E-state index in [1.165, 1.54) is 55.6 Å². The second kappa shape index (κ2) is 83.4. The van der Waals surface area contributed by atoms with E-state index in [2.05, 4.69) is 187 Å². The van der Waals surface area contributed by atoms with Crippen molar-refractivity contribution in [1.29, 1.82) is 0 Å². The minimum atomic E-state index is -0.185. The molecule has 0 heterocycles. The van der Waals surface area contributed by atoms with E-state index in [0.717, 1.165) is 68.3 Å². The fraction of sp³-hybridized carbons (Fsp3) is 0.392. The van der Waals surface area contributed by atoms with Gasteiger partial charge < -0.3 is 28.4 Å². The highest BCUT2D eigenvalue weighted by Gasteiger charge is 2.22. The zero-order chi connectivity index (χ0) is 80.3. The summed E-state index contributed by atoms with van der Waals surface area (Å²) in [7, 11) is 3.32. The van der Waals surface area contributed by atoms with Crippen LogP contribution in [-0.4, -0.2) is 52.6 Å². The lowest BCUT2D eigenvalue weighted by Crippen LogP contribution is -2.18. The van der Waals surface area contributed by atoms with Crippen molar-refractivity contribution in [2.24, 2.45) is 0 Å². The summed E-state index contributed by atoms with van der Waals surface area (Å²) in [6.07, 6.45) is 5.57. The molecule has 0 aromatic heterocycles. The largest absolute Gasteiger partial charge is 0.497 e. The van der Waals surface area contributed by atoms with Gasteiger partial charge in [-0.2, -0.15) is 0 Å². The molecular weight excluding hydrogens is 1350 g/mol. The molecule has 0 fully saturated rings. The van der Waals surface area contributed by atoms with Crippen LogP contribution in [-0.2, 0) is 43.7 Å². The smallest absolute Gasteiger partial charge is 0.305 e. The highest BCUT2D eigenvalue weighted by atomic mass is 16.5. The van der Waals surface area contributed by atoms with Gasteiger partial charge in [-0.1, -0.05) is 396 Å². The lowest BCUT2D eigenvalue weighted by Gasteiger charge is -2.25. The standard InChI is InChI=1S/C19H24.C15H16.C12H10.C10H18O4.2C8H10O.2C7H8O.6C2H6.4CH4/c1-5-16-7-14(3)9-18(11-16)13-19-10-15(4)8-17(6-2)12-19;1-15(2,13-9-5-3-6-10-13)14-11-7-4-8-12-14;1-3-7-11(8-4-1)12-9-5-2-6-10-12;1-3-9(11)13-7-5-6-8-14-10(12)4-2;2*1-2-9-8-6-4-3-5-7-8;2*1-8-7-5-3-2-4-6-7;6*1-2;;;;/h7-12H,5-6,13H2,1-4H3;3-12H,1-2H3;1-10H;3-8H2,1-2H3;2*3-7H,2H2,1H3;2*2-6H,1H3;6*1-2H3;4*1H4. The molecule has 0 atom stereocenters. The van der Waals surface area contributed by atoms with Crippen molar-refractivity contribution in [1.82, 2.24) is 0 Å². The number of rotatable bonds is 20. The normalized spacial score (nSPS) is 8.73. The van der Waals surface area contributed by atoms with Gasteiger partial charge in [0.05, 0.1) is 40.6 Å². The van der Waals surface area contributed by atoms with Crippen molar-refractivity contribution < 1.29 is 38.0 Å². The summed E-state index contributed by atoms with van der Waals surface area (Å²) in [5, 5.41) is 0. The number of unbranched alkanes of at least 4 members (excludes halogenated alkanes) is 1. The lowest BCUT2D eigenvalue weighted by atomic mass is 9.78. The first-order valence-electron chi connectivity index (χ1n) is 39.0. The van der Waals surface area contributed by atoms with E-state index in [-0.39, 0.29) is 47.1 Å². The number of ether oxygens (including phenoxy) is 6. The number of esters is 2. The topological polar surface area (TPSA) is 89.5 Å². The molecule has 0 aliphatic heterocycles. The Kier molecular flexibility index (Phi) is 88.0. The molecule has 0 unspecified atom stereocenters. The van der Waals surface area contributed by atoms with Crippen LogP contribution >= 0.6 is 0 Å². The third-order valence-electron chi connectivity index (χ3n) is 14.2. The zero-order valence-corrected chi connectivity index (χ0v) is 70.1. The Hall–Kier alpha value is -9.66. The number of methoxy groups -OCH3 is 2. The van der Waals surface area contributed by atoms with Crippen LogP contribution in [0.1, 0.15) is 238 Å². The summed E-state index contributed by atoms with van der Waals surface area (Å²) in [4.78, 5) is 21.4. The van der Waals surface area contributed by atoms with Crippen LogP contribution < -0.4 is 18.9 Å². The van der Waals surface area contributed by atoms with Gasteiger partial charge in [-0.15, -0.1) is 0 Å². The van der Waals surface area contributed by atoms with Crippen LogP contribution in [0, 0.1) is 13.8 Å². The molecule has 0 amide bonds. The van der Waals surface area contributed by atoms with E-state index >= 15 is 0 Å². The van der Waals surface area contributed by atoms with Crippen molar-refractivity contribution in [2.75, 3.05) is 40.6 Å². The summed E-state index contributed by atoms with van der Waals surface area (Å²) in [5.74, 6) is 3.34. The number of carbonyl (C=O) groups is 2. The Bertz CT molecular complexity index is 3230. The Morgan fingerprint density at radius 1 is 0.309 bits per heavy atom. The second-order valence-corrected chi connectivity index (χ2v) is 22.0. The number of para-hydroxylation sites is 4. The molecule has 0 saturated heterocycles. The number of hydrogen-bond donors (Lipinski definition) is 0. The minimum Gasteiger partial charge on any atom is -0.497 e. The van der Waals surface area contributed by atoms with E-state index in [1.807, 2.05) is 230 Å². The number of aryl methyl sites for hydroxylation is 4. The Balaban J connectivity index is -0.000000178. The summed E-state index contributed by atoms with van der Waals surface area (Å²) in [6.45, 7) is 47.1. The number of benzene rings is 10. The quantitative estimate of drug-likeness (QED) is 0.0551. The van der Waals surface area contributed by atoms with E-state index < -0.39 is 0 Å². The molecule has 612 valence electrons. The predicted molar refractivity (Wildman–Crippen MR) is 489 cm³/mol. The van der Waals surface area contributed by atoms with Crippen LogP contribution in [0.4, 0.5) is 0 Å². The van der Waals surface area contributed by atoms with Crippen LogP contribution in [0.3, 0.4) is 0 Å². The van der Waals surface area contributed by atoms with Crippen LogP contribution in [0.2, 0.25) is 0 Å². The summed E-state index contributed by atoms with van der Waals surface area (Å²) in [6, 6.07) is 94.9. The molecule has 8 heteroatoms. The SMILES string of the molecule is C.C.C.C.CC.CC.CC.CC.CC.CC.CC(C)(c1ccccc1)c1ccccc1.CCC(=O)OCCCCOC(=O)CC.CCOc1ccccc1.CCOc1ccccc1.CCc1cc(C)cc(Cc2cc(C)cc(CC)c2)c1.COc1ccccc1.COc1ccccc1.c1ccc(-c2ccccc2)cc1. The first-order valence-corrected chi connectivity index (χ1v) is 39.0. The van der Waals surface area contributed by atoms with Gasteiger partial charge in [-0.3, -0.25) is 9.59 Å². The van der Waals surface area contributed by atoms with Crippen molar-refractivity contribution in [3.05, 3.63) is 324 Å². The van der Waals surface area contributed by atoms with Gasteiger partial charge in [-0.05, 0) is 153 Å². The third kappa shape index (κ3) is 59.3. The molecule has 10 aromatic rings. The van der Waals surface area contributed by atoms with E-state index in [0.29, 0.717) is 26.1 Å². The average Bonchev–Trinajstić information content (AvgIpc) is 0.812. The minimum absolute atomic E-state index is 0. The van der Waals surface area contributed by atoms with Crippen LogP contribution in [0.25, 0.3) is 11.1 Å². The zero-order valence-electron chi connectivity index (χ0n) is 70.1.